The van der Waals surface area contributed by atoms with Gasteiger partial charge in [0.25, 0.3) is 5.91 Å². The molecule has 5 rings (SSSR count). The summed E-state index contributed by atoms with van der Waals surface area (Å²) in [6, 6.07) is 15.7. The lowest BCUT2D eigenvalue weighted by Gasteiger charge is -2.43. The van der Waals surface area contributed by atoms with Crippen molar-refractivity contribution in [1.82, 2.24) is 20.0 Å². The van der Waals surface area contributed by atoms with E-state index < -0.39 is 5.54 Å². The number of thiophene rings is 1. The van der Waals surface area contributed by atoms with Crippen molar-refractivity contribution in [2.45, 2.75) is 57.7 Å². The average Bonchev–Trinajstić information content (AvgIpc) is 3.54. The molecule has 7 heteroatoms. The Bertz CT molecular complexity index is 1200. The minimum absolute atomic E-state index is 0.129. The fraction of sp³-hybridized carbons (Fsp3) is 0.370. The summed E-state index contributed by atoms with van der Waals surface area (Å²) in [4.78, 5) is 30.1. The Morgan fingerprint density at radius 3 is 2.76 bits per heavy atom. The van der Waals surface area contributed by atoms with Gasteiger partial charge in [-0.25, -0.2) is 0 Å². The van der Waals surface area contributed by atoms with Gasteiger partial charge in [-0.15, -0.1) is 11.3 Å². The van der Waals surface area contributed by atoms with Crippen LogP contribution >= 0.6 is 11.3 Å². The fourth-order valence-electron chi connectivity index (χ4n) is 4.89. The largest absolute Gasteiger partial charge is 0.350 e. The van der Waals surface area contributed by atoms with E-state index >= 15 is 0 Å². The van der Waals surface area contributed by atoms with Gasteiger partial charge in [0, 0.05) is 13.1 Å². The molecule has 0 radical (unpaired) electrons. The number of hydrogen-bond donors (Lipinski definition) is 1. The maximum absolute atomic E-state index is 13.7. The number of amides is 2. The van der Waals surface area contributed by atoms with Crippen LogP contribution in [0.15, 0.2) is 65.6 Å². The smallest absolute Gasteiger partial charge is 0.273 e. The lowest BCUT2D eigenvalue weighted by molar-refractivity contribution is -0.133. The van der Waals surface area contributed by atoms with Gasteiger partial charge in [0.1, 0.15) is 16.9 Å². The summed E-state index contributed by atoms with van der Waals surface area (Å²) in [6.07, 6.45) is 7.74. The molecule has 1 aromatic carbocycles. The minimum Gasteiger partial charge on any atom is -0.350 e. The molecule has 2 aromatic heterocycles. The quantitative estimate of drug-likeness (QED) is 0.488. The molecule has 0 saturated heterocycles. The maximum atomic E-state index is 13.7. The molecule has 0 fully saturated rings. The Labute approximate surface area is 204 Å². The van der Waals surface area contributed by atoms with Gasteiger partial charge in [-0.1, -0.05) is 48.0 Å². The highest BCUT2D eigenvalue weighted by atomic mass is 32.1. The van der Waals surface area contributed by atoms with Gasteiger partial charge >= 0.3 is 0 Å². The lowest BCUT2D eigenvalue weighted by atomic mass is 9.92. The van der Waals surface area contributed by atoms with Crippen LogP contribution in [-0.2, 0) is 17.9 Å². The summed E-state index contributed by atoms with van der Waals surface area (Å²) in [5.41, 5.74) is 2.73. The predicted octanol–water partition coefficient (Wildman–Crippen LogP) is 5.03. The summed E-state index contributed by atoms with van der Waals surface area (Å²) in [5.74, 6) is -0.281. The summed E-state index contributed by atoms with van der Waals surface area (Å²) in [7, 11) is 0. The average molecular weight is 475 g/mol. The normalized spacial score (nSPS) is 20.1. The van der Waals surface area contributed by atoms with Crippen molar-refractivity contribution in [2.75, 3.05) is 6.54 Å². The number of nitrogens with zero attached hydrogens (tertiary/aromatic N) is 3. The molecule has 3 heterocycles. The lowest BCUT2D eigenvalue weighted by Crippen LogP contribution is -2.64. The topological polar surface area (TPSA) is 67.2 Å². The number of fused-ring (bicyclic) bond motifs is 1. The van der Waals surface area contributed by atoms with Crippen molar-refractivity contribution >= 4 is 23.2 Å². The Kier molecular flexibility index (Phi) is 6.37. The molecule has 176 valence electrons. The molecular weight excluding hydrogens is 444 g/mol. The number of allylic oxidation sites excluding steroid dienone is 1. The van der Waals surface area contributed by atoms with E-state index in [1.807, 2.05) is 60.8 Å². The Morgan fingerprint density at radius 2 is 2.03 bits per heavy atom. The first-order valence-electron chi connectivity index (χ1n) is 12.0. The second-order valence-electron chi connectivity index (χ2n) is 9.31. The summed E-state index contributed by atoms with van der Waals surface area (Å²) in [6.45, 7) is 3.16. The first-order chi connectivity index (χ1) is 16.5. The standard InChI is InChI=1S/C27H30N4O2S/c1-27(26(33)28-18-21-11-6-3-7-12-21)19-31-23(17-22(29-31)24-13-8-16-34-24)25(32)30(27)15-14-20-9-4-2-5-10-20/h3,6-9,11-13,16-17H,2,4-5,10,14-15,18-19H2,1H3,(H,28,33)/t27-/m0/s1. The van der Waals surface area contributed by atoms with Gasteiger partial charge in [-0.3, -0.25) is 14.3 Å². The number of hydrogen-bond acceptors (Lipinski definition) is 4. The van der Waals surface area contributed by atoms with Crippen molar-refractivity contribution in [3.8, 4) is 10.6 Å². The molecule has 1 N–H and O–H groups in total. The highest BCUT2D eigenvalue weighted by Crippen LogP contribution is 2.32. The van der Waals surface area contributed by atoms with Gasteiger partial charge in [0.05, 0.1) is 11.4 Å². The van der Waals surface area contributed by atoms with Gasteiger partial charge < -0.3 is 10.2 Å². The van der Waals surface area contributed by atoms with Gasteiger partial charge in [0.15, 0.2) is 0 Å². The van der Waals surface area contributed by atoms with E-state index in [1.165, 1.54) is 18.4 Å². The van der Waals surface area contributed by atoms with E-state index in [9.17, 15) is 9.59 Å². The van der Waals surface area contributed by atoms with Crippen molar-refractivity contribution in [2.24, 2.45) is 0 Å². The molecule has 3 aromatic rings. The zero-order valence-corrected chi connectivity index (χ0v) is 20.3. The van der Waals surface area contributed by atoms with Crippen molar-refractivity contribution in [3.63, 3.8) is 0 Å². The third-order valence-corrected chi connectivity index (χ3v) is 7.79. The molecule has 6 nitrogen and oxygen atoms in total. The third kappa shape index (κ3) is 4.44. The SMILES string of the molecule is C[C@@]1(C(=O)NCc2ccccc2)Cn2nc(-c3cccs3)cc2C(=O)N1CCC1=CCCCC1. The van der Waals surface area contributed by atoms with Crippen LogP contribution in [0.4, 0.5) is 0 Å². The van der Waals surface area contributed by atoms with Crippen LogP contribution in [0.1, 0.15) is 55.1 Å². The van der Waals surface area contributed by atoms with Crippen LogP contribution in [-0.4, -0.2) is 38.6 Å². The first-order valence-corrected chi connectivity index (χ1v) is 12.9. The molecule has 1 aliphatic carbocycles. The van der Waals surface area contributed by atoms with Gasteiger partial charge in [-0.2, -0.15) is 5.10 Å². The monoisotopic (exact) mass is 474 g/mol. The van der Waals surface area contributed by atoms with Crippen molar-refractivity contribution in [1.29, 1.82) is 0 Å². The third-order valence-electron chi connectivity index (χ3n) is 6.90. The zero-order chi connectivity index (χ0) is 23.5. The summed E-state index contributed by atoms with van der Waals surface area (Å²) in [5, 5.41) is 9.79. The Hall–Kier alpha value is -3.19. The molecule has 0 bridgehead atoms. The predicted molar refractivity (Wildman–Crippen MR) is 134 cm³/mol. The number of benzene rings is 1. The van der Waals surface area contributed by atoms with Crippen LogP contribution in [0.5, 0.6) is 0 Å². The molecule has 2 aliphatic rings. The van der Waals surface area contributed by atoms with Crippen molar-refractivity contribution < 1.29 is 9.59 Å². The highest BCUT2D eigenvalue weighted by Gasteiger charge is 2.47. The van der Waals surface area contributed by atoms with E-state index in [1.54, 1.807) is 20.9 Å². The van der Waals surface area contributed by atoms with E-state index in [2.05, 4.69) is 11.4 Å². The van der Waals surface area contributed by atoms with Crippen LogP contribution < -0.4 is 5.32 Å². The Balaban J connectivity index is 1.43. The van der Waals surface area contributed by atoms with Crippen LogP contribution in [0, 0.1) is 0 Å². The minimum atomic E-state index is -1.02. The molecule has 2 amide bonds. The van der Waals surface area contributed by atoms with Gasteiger partial charge in [0.2, 0.25) is 5.91 Å². The second kappa shape index (κ2) is 9.58. The molecule has 0 unspecified atom stereocenters. The van der Waals surface area contributed by atoms with Crippen LogP contribution in [0.25, 0.3) is 10.6 Å². The molecule has 1 atom stereocenters. The number of carbonyl (C=O) groups is 2. The van der Waals surface area contributed by atoms with E-state index in [0.717, 1.165) is 35.4 Å². The fourth-order valence-corrected chi connectivity index (χ4v) is 5.57. The summed E-state index contributed by atoms with van der Waals surface area (Å²) >= 11 is 1.59. The van der Waals surface area contributed by atoms with E-state index in [0.29, 0.717) is 25.3 Å². The molecule has 0 spiro atoms. The number of nitrogens with one attached hydrogen (secondary N) is 1. The Morgan fingerprint density at radius 1 is 1.18 bits per heavy atom. The number of rotatable bonds is 7. The van der Waals surface area contributed by atoms with Gasteiger partial charge in [-0.05, 0) is 62.1 Å². The summed E-state index contributed by atoms with van der Waals surface area (Å²) < 4.78 is 1.72. The van der Waals surface area contributed by atoms with E-state index in [4.69, 9.17) is 5.10 Å². The maximum Gasteiger partial charge on any atom is 0.273 e. The zero-order valence-electron chi connectivity index (χ0n) is 19.5. The number of carbonyl (C=O) groups excluding carboxylic acids is 2. The molecular formula is C27H30N4O2S. The first kappa shape index (κ1) is 22.6. The molecule has 1 aliphatic heterocycles. The van der Waals surface area contributed by atoms with Crippen LogP contribution in [0.2, 0.25) is 0 Å². The molecule has 34 heavy (non-hydrogen) atoms. The molecule has 0 saturated carbocycles. The number of aromatic nitrogens is 2. The van der Waals surface area contributed by atoms with Crippen molar-refractivity contribution in [3.05, 3.63) is 76.8 Å². The second-order valence-corrected chi connectivity index (χ2v) is 10.3. The van der Waals surface area contributed by atoms with Crippen LogP contribution in [0.3, 0.4) is 0 Å². The highest BCUT2D eigenvalue weighted by molar-refractivity contribution is 7.13. The van der Waals surface area contributed by atoms with E-state index in [-0.39, 0.29) is 11.8 Å².